The second-order valence-electron chi connectivity index (χ2n) is 8.29. The molecule has 0 bridgehead atoms. The molecule has 0 heterocycles. The summed E-state index contributed by atoms with van der Waals surface area (Å²) >= 11 is 0. The lowest BCUT2D eigenvalue weighted by Gasteiger charge is -2.01. The summed E-state index contributed by atoms with van der Waals surface area (Å²) in [6, 6.07) is 0. The van der Waals surface area contributed by atoms with Crippen LogP contribution < -0.4 is 11.5 Å². The average Bonchev–Trinajstić information content (AvgIpc) is 2.70. The topological polar surface area (TPSA) is 106 Å². The number of rotatable bonds is 20. The van der Waals surface area contributed by atoms with Gasteiger partial charge in [-0.25, -0.2) is 0 Å². The average molecular weight is 427 g/mol. The molecular formula is C25H50N2O3. The highest BCUT2D eigenvalue weighted by molar-refractivity contribution is 5.77. The van der Waals surface area contributed by atoms with Crippen molar-refractivity contribution in [1.29, 1.82) is 0 Å². The minimum atomic E-state index is -1.01. The summed E-state index contributed by atoms with van der Waals surface area (Å²) in [7, 11) is 0. The van der Waals surface area contributed by atoms with Crippen LogP contribution in [0.3, 0.4) is 0 Å². The van der Waals surface area contributed by atoms with Crippen molar-refractivity contribution in [3.63, 3.8) is 0 Å². The Balaban J connectivity index is 0. The van der Waals surface area contributed by atoms with Crippen LogP contribution >= 0.6 is 0 Å². The van der Waals surface area contributed by atoms with Gasteiger partial charge < -0.3 is 16.6 Å². The predicted molar refractivity (Wildman–Crippen MR) is 128 cm³/mol. The Labute approximate surface area is 186 Å². The van der Waals surface area contributed by atoms with Gasteiger partial charge in [0.05, 0.1) is 0 Å². The number of aliphatic hydroxyl groups is 1. The van der Waals surface area contributed by atoms with E-state index in [4.69, 9.17) is 10.8 Å². The summed E-state index contributed by atoms with van der Waals surface area (Å²) in [4.78, 5) is 20.3. The van der Waals surface area contributed by atoms with Gasteiger partial charge in [-0.2, -0.15) is 0 Å². The van der Waals surface area contributed by atoms with Gasteiger partial charge in [-0.15, -0.1) is 0 Å². The zero-order chi connectivity index (χ0) is 22.9. The Hall–Kier alpha value is -1.36. The molecule has 0 fully saturated rings. The third-order valence-corrected chi connectivity index (χ3v) is 5.10. The lowest BCUT2D eigenvalue weighted by Crippen LogP contribution is -2.24. The standard InChI is InChI=1S/C22H43NO.C3H7NO2/c1-2-3-4-5-6-7-8-9-10-11-12-13-14-15-16-17-18-19-20-21-22(23)24;1-2(5)3(4)6/h9-10H,2-8,11-21H2,1H3,(H2,23,24);2,5H,1H3,(H2,4,6). The first-order chi connectivity index (χ1) is 14.4. The van der Waals surface area contributed by atoms with Crippen molar-refractivity contribution in [2.75, 3.05) is 0 Å². The molecule has 5 nitrogen and oxygen atoms in total. The number of primary amides is 2. The summed E-state index contributed by atoms with van der Waals surface area (Å²) < 4.78 is 0. The summed E-state index contributed by atoms with van der Waals surface area (Å²) in [6.45, 7) is 3.60. The molecule has 0 saturated carbocycles. The molecule has 0 aromatic heterocycles. The van der Waals surface area contributed by atoms with Gasteiger partial charge in [0.15, 0.2) is 0 Å². The predicted octanol–water partition coefficient (Wildman–Crippen LogP) is 5.92. The number of amides is 2. The fraction of sp³-hybridized carbons (Fsp3) is 0.840. The molecule has 0 aliphatic rings. The number of unbranched alkanes of at least 4 members (excludes halogenated alkanes) is 15. The van der Waals surface area contributed by atoms with Gasteiger partial charge >= 0.3 is 0 Å². The highest BCUT2D eigenvalue weighted by Gasteiger charge is 1.98. The minimum absolute atomic E-state index is 0.156. The van der Waals surface area contributed by atoms with Crippen LogP contribution in [0.1, 0.15) is 129 Å². The van der Waals surface area contributed by atoms with Crippen molar-refractivity contribution >= 4 is 11.8 Å². The smallest absolute Gasteiger partial charge is 0.245 e. The molecule has 0 spiro atoms. The van der Waals surface area contributed by atoms with Gasteiger partial charge in [0.25, 0.3) is 0 Å². The highest BCUT2D eigenvalue weighted by atomic mass is 16.3. The molecule has 0 aliphatic heterocycles. The lowest BCUT2D eigenvalue weighted by molar-refractivity contribution is -0.125. The van der Waals surface area contributed by atoms with Crippen LogP contribution in [-0.2, 0) is 9.59 Å². The zero-order valence-corrected chi connectivity index (χ0v) is 19.9. The number of hydrogen-bond acceptors (Lipinski definition) is 3. The van der Waals surface area contributed by atoms with E-state index in [2.05, 4.69) is 24.8 Å². The third kappa shape index (κ3) is 31.3. The number of carbonyl (C=O) groups excluding carboxylic acids is 2. The Kier molecular flexibility index (Phi) is 26.4. The number of carbonyl (C=O) groups is 2. The maximum absolute atomic E-state index is 10.6. The molecule has 0 radical (unpaired) electrons. The molecule has 178 valence electrons. The number of allylic oxidation sites excluding steroid dienone is 2. The first-order valence-electron chi connectivity index (χ1n) is 12.3. The molecule has 1 unspecified atom stereocenters. The molecule has 5 heteroatoms. The molecule has 0 saturated heterocycles. The van der Waals surface area contributed by atoms with Crippen LogP contribution in [0.15, 0.2) is 12.2 Å². The van der Waals surface area contributed by atoms with Crippen LogP contribution in [-0.4, -0.2) is 23.0 Å². The van der Waals surface area contributed by atoms with Gasteiger partial charge in [0.1, 0.15) is 6.10 Å². The minimum Gasteiger partial charge on any atom is -0.384 e. The van der Waals surface area contributed by atoms with Crippen LogP contribution in [0.4, 0.5) is 0 Å². The van der Waals surface area contributed by atoms with Gasteiger partial charge in [0.2, 0.25) is 11.8 Å². The molecular weight excluding hydrogens is 376 g/mol. The van der Waals surface area contributed by atoms with E-state index in [1.807, 2.05) is 0 Å². The van der Waals surface area contributed by atoms with Gasteiger partial charge in [0, 0.05) is 6.42 Å². The number of nitrogens with two attached hydrogens (primary N) is 2. The lowest BCUT2D eigenvalue weighted by atomic mass is 10.1. The van der Waals surface area contributed by atoms with Crippen molar-refractivity contribution in [2.24, 2.45) is 11.5 Å². The van der Waals surface area contributed by atoms with Gasteiger partial charge in [-0.3, -0.25) is 9.59 Å². The van der Waals surface area contributed by atoms with E-state index in [1.165, 1.54) is 103 Å². The van der Waals surface area contributed by atoms with Crippen molar-refractivity contribution in [3.8, 4) is 0 Å². The maximum Gasteiger partial charge on any atom is 0.245 e. The Morgan fingerprint density at radius 3 is 1.37 bits per heavy atom. The SMILES string of the molecule is CC(O)C(N)=O.CCCCCCCCC=CCCCCCCCCCCCC(N)=O. The number of hydrogen-bond donors (Lipinski definition) is 3. The Morgan fingerprint density at radius 2 is 1.03 bits per heavy atom. The van der Waals surface area contributed by atoms with E-state index < -0.39 is 12.0 Å². The van der Waals surface area contributed by atoms with Gasteiger partial charge in [-0.05, 0) is 39.0 Å². The second-order valence-corrected chi connectivity index (χ2v) is 8.29. The molecule has 0 rings (SSSR count). The van der Waals surface area contributed by atoms with Crippen molar-refractivity contribution in [3.05, 3.63) is 12.2 Å². The first kappa shape index (κ1) is 30.8. The van der Waals surface area contributed by atoms with Crippen molar-refractivity contribution in [2.45, 2.75) is 136 Å². The Bertz CT molecular complexity index is 409. The molecule has 0 aromatic rings. The van der Waals surface area contributed by atoms with Crippen molar-refractivity contribution < 1.29 is 14.7 Å². The van der Waals surface area contributed by atoms with Gasteiger partial charge in [-0.1, -0.05) is 96.1 Å². The molecule has 2 amide bonds. The van der Waals surface area contributed by atoms with Crippen LogP contribution in [0.2, 0.25) is 0 Å². The summed E-state index contributed by atoms with van der Waals surface area (Å²) in [5.41, 5.74) is 9.67. The summed E-state index contributed by atoms with van der Waals surface area (Å²) in [6.07, 6.45) is 26.8. The van der Waals surface area contributed by atoms with E-state index in [1.54, 1.807) is 0 Å². The maximum atomic E-state index is 10.6. The molecule has 30 heavy (non-hydrogen) atoms. The summed E-state index contributed by atoms with van der Waals surface area (Å²) in [5.74, 6) is -0.842. The fourth-order valence-corrected chi connectivity index (χ4v) is 3.08. The van der Waals surface area contributed by atoms with E-state index in [-0.39, 0.29) is 5.91 Å². The molecule has 1 atom stereocenters. The monoisotopic (exact) mass is 426 g/mol. The van der Waals surface area contributed by atoms with E-state index >= 15 is 0 Å². The van der Waals surface area contributed by atoms with Crippen molar-refractivity contribution in [1.82, 2.24) is 0 Å². The normalized spacial score (nSPS) is 11.8. The number of aliphatic hydroxyl groups excluding tert-OH is 1. The van der Waals surface area contributed by atoms with Crippen LogP contribution in [0.5, 0.6) is 0 Å². The largest absolute Gasteiger partial charge is 0.384 e. The second kappa shape index (κ2) is 25.7. The summed E-state index contributed by atoms with van der Waals surface area (Å²) in [5, 5.41) is 8.16. The third-order valence-electron chi connectivity index (χ3n) is 5.10. The molecule has 0 aliphatic carbocycles. The van der Waals surface area contributed by atoms with Crippen LogP contribution in [0, 0.1) is 0 Å². The van der Waals surface area contributed by atoms with E-state index in [0.29, 0.717) is 6.42 Å². The quantitative estimate of drug-likeness (QED) is 0.166. The van der Waals surface area contributed by atoms with E-state index in [9.17, 15) is 9.59 Å². The highest BCUT2D eigenvalue weighted by Crippen LogP contribution is 2.12. The Morgan fingerprint density at radius 1 is 0.700 bits per heavy atom. The zero-order valence-electron chi connectivity index (χ0n) is 19.9. The molecule has 0 aromatic carbocycles. The molecule has 5 N–H and O–H groups in total. The fourth-order valence-electron chi connectivity index (χ4n) is 3.08. The van der Waals surface area contributed by atoms with Crippen LogP contribution in [0.25, 0.3) is 0 Å². The first-order valence-corrected chi connectivity index (χ1v) is 12.3. The van der Waals surface area contributed by atoms with E-state index in [0.717, 1.165) is 12.8 Å².